The zero-order valence-corrected chi connectivity index (χ0v) is 22.7. The Morgan fingerprint density at radius 3 is 2.47 bits per heavy atom. The highest BCUT2D eigenvalue weighted by atomic mass is 16.5. The monoisotopic (exact) mass is 485 g/mol. The summed E-state index contributed by atoms with van der Waals surface area (Å²) in [5.74, 6) is 1.02. The van der Waals surface area contributed by atoms with Crippen molar-refractivity contribution in [2.75, 3.05) is 18.5 Å². The fraction of sp³-hybridized carbons (Fsp3) is 0.433. The number of anilines is 1. The van der Waals surface area contributed by atoms with Crippen LogP contribution < -0.4 is 9.64 Å². The quantitative estimate of drug-likeness (QED) is 0.253. The Morgan fingerprint density at radius 1 is 0.972 bits per heavy atom. The van der Waals surface area contributed by atoms with Crippen LogP contribution in [0.2, 0.25) is 0 Å². The largest absolute Gasteiger partial charge is 0.472 e. The van der Waals surface area contributed by atoms with Crippen molar-refractivity contribution in [1.82, 2.24) is 20.0 Å². The minimum atomic E-state index is 0.0551. The summed E-state index contributed by atoms with van der Waals surface area (Å²) in [7, 11) is 2.16. The average Bonchev–Trinajstić information content (AvgIpc) is 3.31. The van der Waals surface area contributed by atoms with Crippen LogP contribution >= 0.6 is 0 Å². The van der Waals surface area contributed by atoms with Gasteiger partial charge in [-0.1, -0.05) is 43.3 Å². The molecule has 4 aromatic rings. The van der Waals surface area contributed by atoms with Gasteiger partial charge in [0, 0.05) is 37.0 Å². The number of aryl methyl sites for hydroxylation is 4. The first kappa shape index (κ1) is 25.7. The molecule has 0 N–H and O–H groups in total. The van der Waals surface area contributed by atoms with Crippen LogP contribution in [0.4, 0.5) is 5.69 Å². The van der Waals surface area contributed by atoms with E-state index in [-0.39, 0.29) is 6.10 Å². The molecule has 4 rings (SSSR count). The number of hydrogen-bond acceptors (Lipinski definition) is 5. The topological polar surface area (TPSA) is 56.1 Å². The number of fused-ring (bicyclic) bond motifs is 1. The molecule has 0 spiro atoms. The van der Waals surface area contributed by atoms with Crippen LogP contribution in [0.25, 0.3) is 11.0 Å². The van der Waals surface area contributed by atoms with Crippen LogP contribution in [-0.2, 0) is 6.54 Å². The first-order valence-electron chi connectivity index (χ1n) is 13.1. The second-order valence-corrected chi connectivity index (χ2v) is 9.71. The Hall–Kier alpha value is -3.41. The molecule has 1 unspecified atom stereocenters. The van der Waals surface area contributed by atoms with E-state index in [1.165, 1.54) is 27.9 Å². The van der Waals surface area contributed by atoms with Crippen molar-refractivity contribution in [1.29, 1.82) is 0 Å². The summed E-state index contributed by atoms with van der Waals surface area (Å²) >= 11 is 0. The van der Waals surface area contributed by atoms with Crippen molar-refractivity contribution in [3.63, 3.8) is 0 Å². The number of hydrogen-bond donors (Lipinski definition) is 0. The van der Waals surface area contributed by atoms with Gasteiger partial charge in [-0.15, -0.1) is 5.10 Å². The molecule has 2 aromatic carbocycles. The van der Waals surface area contributed by atoms with Crippen LogP contribution in [0.15, 0.2) is 48.7 Å². The van der Waals surface area contributed by atoms with E-state index >= 15 is 0 Å². The third-order valence-corrected chi connectivity index (χ3v) is 7.28. The Morgan fingerprint density at radius 2 is 1.78 bits per heavy atom. The first-order chi connectivity index (χ1) is 17.4. The molecular formula is C30H39N5O. The average molecular weight is 486 g/mol. The Kier molecular flexibility index (Phi) is 7.92. The highest BCUT2D eigenvalue weighted by molar-refractivity contribution is 5.79. The highest BCUT2D eigenvalue weighted by Gasteiger charge is 2.21. The van der Waals surface area contributed by atoms with Crippen molar-refractivity contribution in [2.45, 2.75) is 73.0 Å². The number of rotatable bonds is 10. The summed E-state index contributed by atoms with van der Waals surface area (Å²) < 4.78 is 8.26. The van der Waals surface area contributed by atoms with E-state index in [1.807, 2.05) is 23.7 Å². The van der Waals surface area contributed by atoms with E-state index in [0.29, 0.717) is 5.92 Å². The third kappa shape index (κ3) is 5.08. The maximum atomic E-state index is 6.29. The second kappa shape index (κ2) is 11.1. The zero-order valence-electron chi connectivity index (χ0n) is 22.7. The number of nitrogens with zero attached hydrogens (tertiary/aromatic N) is 5. The number of pyridine rings is 1. The van der Waals surface area contributed by atoms with Crippen LogP contribution in [0, 0.1) is 20.8 Å². The lowest BCUT2D eigenvalue weighted by atomic mass is 9.85. The van der Waals surface area contributed by atoms with E-state index in [4.69, 9.17) is 4.74 Å². The van der Waals surface area contributed by atoms with Gasteiger partial charge in [-0.2, -0.15) is 0 Å². The predicted molar refractivity (Wildman–Crippen MR) is 148 cm³/mol. The lowest BCUT2D eigenvalue weighted by Crippen LogP contribution is -2.33. The summed E-state index contributed by atoms with van der Waals surface area (Å²) in [6.07, 6.45) is 3.77. The second-order valence-electron chi connectivity index (χ2n) is 9.71. The Balaban J connectivity index is 1.61. The van der Waals surface area contributed by atoms with E-state index < -0.39 is 0 Å². The third-order valence-electron chi connectivity index (χ3n) is 7.28. The SMILES string of the molecule is CCC(c1ccc(C)c(N(C)C[C@@H](CC)Oc2ncccc2C)c1)c1ccc2c(nnn2CC)c1C. The smallest absolute Gasteiger partial charge is 0.216 e. The maximum Gasteiger partial charge on any atom is 0.216 e. The van der Waals surface area contributed by atoms with E-state index in [0.717, 1.165) is 48.4 Å². The predicted octanol–water partition coefficient (Wildman–Crippen LogP) is 6.61. The molecule has 6 nitrogen and oxygen atoms in total. The first-order valence-corrected chi connectivity index (χ1v) is 13.1. The number of ether oxygens (including phenoxy) is 1. The minimum Gasteiger partial charge on any atom is -0.472 e. The lowest BCUT2D eigenvalue weighted by molar-refractivity contribution is 0.194. The van der Waals surface area contributed by atoms with Gasteiger partial charge in [0.2, 0.25) is 5.88 Å². The van der Waals surface area contributed by atoms with E-state index in [2.05, 4.69) is 92.2 Å². The fourth-order valence-electron chi connectivity index (χ4n) is 5.09. The van der Waals surface area contributed by atoms with Crippen molar-refractivity contribution in [2.24, 2.45) is 0 Å². The molecule has 0 bridgehead atoms. The maximum absolute atomic E-state index is 6.29. The summed E-state index contributed by atoms with van der Waals surface area (Å²) in [5, 5.41) is 8.83. The lowest BCUT2D eigenvalue weighted by Gasteiger charge is -2.28. The van der Waals surface area contributed by atoms with Crippen LogP contribution in [-0.4, -0.2) is 39.7 Å². The van der Waals surface area contributed by atoms with Gasteiger partial charge in [0.25, 0.3) is 0 Å². The zero-order chi connectivity index (χ0) is 25.8. The van der Waals surface area contributed by atoms with Gasteiger partial charge in [0.1, 0.15) is 11.6 Å². The van der Waals surface area contributed by atoms with Gasteiger partial charge in [0.15, 0.2) is 0 Å². The van der Waals surface area contributed by atoms with Crippen molar-refractivity contribution in [3.05, 3.63) is 76.5 Å². The fourth-order valence-corrected chi connectivity index (χ4v) is 5.09. The van der Waals surface area contributed by atoms with Crippen LogP contribution in [0.5, 0.6) is 5.88 Å². The van der Waals surface area contributed by atoms with Gasteiger partial charge < -0.3 is 9.64 Å². The van der Waals surface area contributed by atoms with Crippen molar-refractivity contribution < 1.29 is 4.74 Å². The van der Waals surface area contributed by atoms with Crippen LogP contribution in [0.1, 0.15) is 67.3 Å². The van der Waals surface area contributed by atoms with Gasteiger partial charge in [0.05, 0.1) is 12.1 Å². The van der Waals surface area contributed by atoms with Crippen molar-refractivity contribution in [3.8, 4) is 5.88 Å². The molecule has 0 saturated carbocycles. The minimum absolute atomic E-state index is 0.0551. The van der Waals surface area contributed by atoms with Crippen LogP contribution in [0.3, 0.4) is 0 Å². The molecular weight excluding hydrogens is 446 g/mol. The molecule has 6 heteroatoms. The molecule has 2 atom stereocenters. The molecule has 0 aliphatic carbocycles. The molecule has 0 radical (unpaired) electrons. The van der Waals surface area contributed by atoms with Crippen molar-refractivity contribution >= 4 is 16.7 Å². The summed E-state index contributed by atoms with van der Waals surface area (Å²) in [5.41, 5.74) is 9.54. The normalized spacial score (nSPS) is 13.1. The van der Waals surface area contributed by atoms with Gasteiger partial charge >= 0.3 is 0 Å². The van der Waals surface area contributed by atoms with E-state index in [1.54, 1.807) is 6.20 Å². The van der Waals surface area contributed by atoms with Gasteiger partial charge in [-0.05, 0) is 81.0 Å². The number of likely N-dealkylation sites (N-methyl/N-ethyl adjacent to an activating group) is 1. The molecule has 36 heavy (non-hydrogen) atoms. The van der Waals surface area contributed by atoms with Gasteiger partial charge in [-0.3, -0.25) is 0 Å². The standard InChI is InChI=1S/C30H39N5O/c1-8-24(36-30-21(5)12-11-17-31-30)19-34(7)28-18-23(14-13-20(28)4)25(9-2)26-15-16-27-29(22(26)6)32-33-35(27)10-3/h11-18,24-25H,8-10,19H2,1-7H3/t24-,25?/m1/s1. The molecule has 0 amide bonds. The number of aromatic nitrogens is 4. The van der Waals surface area contributed by atoms with Gasteiger partial charge in [-0.25, -0.2) is 9.67 Å². The molecule has 0 aliphatic heterocycles. The molecule has 0 aliphatic rings. The molecule has 0 fully saturated rings. The summed E-state index contributed by atoms with van der Waals surface area (Å²) in [6, 6.07) is 15.3. The molecule has 2 heterocycles. The Bertz CT molecular complexity index is 1330. The number of benzene rings is 2. The summed E-state index contributed by atoms with van der Waals surface area (Å²) in [6.45, 7) is 14.5. The molecule has 0 saturated heterocycles. The van der Waals surface area contributed by atoms with E-state index in [9.17, 15) is 0 Å². The highest BCUT2D eigenvalue weighted by Crippen LogP contribution is 2.35. The molecule has 2 aromatic heterocycles. The Labute approximate surface area is 215 Å². The summed E-state index contributed by atoms with van der Waals surface area (Å²) in [4.78, 5) is 6.75. The molecule has 190 valence electrons.